The summed E-state index contributed by atoms with van der Waals surface area (Å²) < 4.78 is 0. The van der Waals surface area contributed by atoms with Crippen LogP contribution in [0.5, 0.6) is 0 Å². The molecule has 0 rings (SSSR count). The van der Waals surface area contributed by atoms with Crippen molar-refractivity contribution in [2.24, 2.45) is 0 Å². The first-order valence-electron chi connectivity index (χ1n) is 3.85. The van der Waals surface area contributed by atoms with Crippen molar-refractivity contribution in [2.75, 3.05) is 0 Å². The zero-order chi connectivity index (χ0) is 8.24. The Hall–Kier alpha value is 0.436. The Bertz CT molecular complexity index is 51.5. The van der Waals surface area contributed by atoms with Crippen LogP contribution in [0, 0.1) is 13.8 Å². The van der Waals surface area contributed by atoms with Gasteiger partial charge < -0.3 is 18.6 Å². The Balaban J connectivity index is -0.000000114. The molecular formula is C9H18MgO. The number of unbranched alkanes of at least 4 members (excludes halogenated alkanes) is 3. The van der Waals surface area contributed by atoms with Gasteiger partial charge in [0.15, 0.2) is 0 Å². The van der Waals surface area contributed by atoms with Crippen LogP contribution in [-0.2, 0) is 4.79 Å². The molecule has 0 aromatic heterocycles. The van der Waals surface area contributed by atoms with Gasteiger partial charge in [0.25, 0.3) is 0 Å². The SMILES string of the molecule is [CH2-]CC=O.[CH2-]CCCCC.[Mg+2]. The summed E-state index contributed by atoms with van der Waals surface area (Å²) in [7, 11) is 0. The maximum Gasteiger partial charge on any atom is 2.00 e. The zero-order valence-electron chi connectivity index (χ0n) is 7.64. The maximum absolute atomic E-state index is 9.11. The van der Waals surface area contributed by atoms with Crippen molar-refractivity contribution < 1.29 is 4.79 Å². The third kappa shape index (κ3) is 37.7. The van der Waals surface area contributed by atoms with Crippen LogP contribution in [0.25, 0.3) is 0 Å². The predicted molar refractivity (Wildman–Crippen MR) is 51.3 cm³/mol. The van der Waals surface area contributed by atoms with Crippen molar-refractivity contribution in [3.05, 3.63) is 13.8 Å². The summed E-state index contributed by atoms with van der Waals surface area (Å²) in [5, 5.41) is 0. The normalized spacial score (nSPS) is 7.18. The molecule has 0 spiro atoms. The van der Waals surface area contributed by atoms with Gasteiger partial charge in [0.05, 0.1) is 6.29 Å². The first-order chi connectivity index (χ1) is 4.83. The summed E-state index contributed by atoms with van der Waals surface area (Å²) in [5.74, 6) is 0. The molecule has 0 aliphatic rings. The van der Waals surface area contributed by atoms with E-state index in [1.165, 1.54) is 19.3 Å². The van der Waals surface area contributed by atoms with E-state index in [-0.39, 0.29) is 23.1 Å². The van der Waals surface area contributed by atoms with Crippen LogP contribution in [0.15, 0.2) is 0 Å². The summed E-state index contributed by atoms with van der Waals surface area (Å²) in [6, 6.07) is 0. The molecule has 0 aromatic carbocycles. The van der Waals surface area contributed by atoms with E-state index >= 15 is 0 Å². The van der Waals surface area contributed by atoms with E-state index in [9.17, 15) is 0 Å². The van der Waals surface area contributed by atoms with Gasteiger partial charge >= 0.3 is 23.1 Å². The van der Waals surface area contributed by atoms with Gasteiger partial charge in [0.2, 0.25) is 0 Å². The summed E-state index contributed by atoms with van der Waals surface area (Å²) >= 11 is 0. The third-order valence-corrected chi connectivity index (χ3v) is 0.971. The van der Waals surface area contributed by atoms with Gasteiger partial charge in [-0.25, -0.2) is 0 Å². The molecule has 1 nitrogen and oxygen atoms in total. The van der Waals surface area contributed by atoms with Crippen molar-refractivity contribution in [3.63, 3.8) is 0 Å². The minimum absolute atomic E-state index is 0. The average Bonchev–Trinajstić information content (AvgIpc) is 2.01. The second-order valence-electron chi connectivity index (χ2n) is 2.02. The van der Waals surface area contributed by atoms with Crippen LogP contribution >= 0.6 is 0 Å². The summed E-state index contributed by atoms with van der Waals surface area (Å²) in [5.41, 5.74) is 0. The van der Waals surface area contributed by atoms with Crippen LogP contribution in [0.1, 0.15) is 39.0 Å². The van der Waals surface area contributed by atoms with E-state index in [2.05, 4.69) is 20.8 Å². The van der Waals surface area contributed by atoms with Crippen LogP contribution in [0.3, 0.4) is 0 Å². The number of rotatable bonds is 4. The van der Waals surface area contributed by atoms with Gasteiger partial charge in [-0.1, -0.05) is 26.2 Å². The molecule has 0 bridgehead atoms. The van der Waals surface area contributed by atoms with Gasteiger partial charge in [0.1, 0.15) is 0 Å². The number of carbonyl (C=O) groups is 1. The number of hydrogen-bond donors (Lipinski definition) is 0. The van der Waals surface area contributed by atoms with Crippen LogP contribution in [0.2, 0.25) is 0 Å². The van der Waals surface area contributed by atoms with E-state index < -0.39 is 0 Å². The largest absolute Gasteiger partial charge is 2.00 e. The minimum Gasteiger partial charge on any atom is -0.343 e. The van der Waals surface area contributed by atoms with Crippen LogP contribution < -0.4 is 0 Å². The Morgan fingerprint density at radius 2 is 1.73 bits per heavy atom. The molecule has 2 heteroatoms. The molecule has 0 N–H and O–H groups in total. The van der Waals surface area contributed by atoms with Gasteiger partial charge in [0, 0.05) is 0 Å². The molecule has 0 fully saturated rings. The smallest absolute Gasteiger partial charge is 0.343 e. The quantitative estimate of drug-likeness (QED) is 0.271. The van der Waals surface area contributed by atoms with E-state index in [0.29, 0.717) is 6.42 Å². The van der Waals surface area contributed by atoms with Gasteiger partial charge in [-0.2, -0.15) is 6.42 Å². The molecule has 11 heavy (non-hydrogen) atoms. The minimum atomic E-state index is 0. The zero-order valence-corrected chi connectivity index (χ0v) is 9.06. The summed E-state index contributed by atoms with van der Waals surface area (Å²) in [6.45, 7) is 9.16. The van der Waals surface area contributed by atoms with E-state index in [1.54, 1.807) is 0 Å². The molecule has 62 valence electrons. The van der Waals surface area contributed by atoms with E-state index in [0.717, 1.165) is 12.7 Å². The Kier molecular flexibility index (Phi) is 35.7. The first-order valence-corrected chi connectivity index (χ1v) is 3.85. The Labute approximate surface area is 87.1 Å². The molecule has 0 aliphatic heterocycles. The van der Waals surface area contributed by atoms with Crippen LogP contribution in [-0.4, -0.2) is 29.3 Å². The van der Waals surface area contributed by atoms with Gasteiger partial charge in [-0.3, -0.25) is 0 Å². The predicted octanol–water partition coefficient (Wildman–Crippen LogP) is 2.43. The summed E-state index contributed by atoms with van der Waals surface area (Å²) in [4.78, 5) is 9.11. The standard InChI is InChI=1S/C6H13.C3H5O.Mg/c1-3-5-6-4-2;1-2-3-4;/h1,3-6H2,2H3;3H,1-2H2;/q2*-1;+2. The van der Waals surface area contributed by atoms with Gasteiger partial charge in [-0.05, 0) is 0 Å². The Morgan fingerprint density at radius 1 is 1.27 bits per heavy atom. The fraction of sp³-hybridized carbons (Fsp3) is 0.667. The molecular weight excluding hydrogens is 148 g/mol. The molecule has 0 atom stereocenters. The monoisotopic (exact) mass is 166 g/mol. The number of aldehydes is 1. The molecule has 0 heterocycles. The molecule has 0 amide bonds. The van der Waals surface area contributed by atoms with E-state index in [1.807, 2.05) is 0 Å². The number of carbonyl (C=O) groups excluding carboxylic acids is 1. The third-order valence-electron chi connectivity index (χ3n) is 0.971. The topological polar surface area (TPSA) is 17.1 Å². The van der Waals surface area contributed by atoms with Crippen LogP contribution in [0.4, 0.5) is 0 Å². The fourth-order valence-corrected chi connectivity index (χ4v) is 0.427. The summed E-state index contributed by atoms with van der Waals surface area (Å²) in [6.07, 6.45) is 6.23. The van der Waals surface area contributed by atoms with Crippen molar-refractivity contribution in [1.82, 2.24) is 0 Å². The van der Waals surface area contributed by atoms with E-state index in [4.69, 9.17) is 4.79 Å². The molecule has 0 radical (unpaired) electrons. The molecule has 0 unspecified atom stereocenters. The van der Waals surface area contributed by atoms with Crippen molar-refractivity contribution >= 4 is 29.3 Å². The second-order valence-corrected chi connectivity index (χ2v) is 2.02. The van der Waals surface area contributed by atoms with Crippen molar-refractivity contribution in [2.45, 2.75) is 39.0 Å². The molecule has 0 saturated heterocycles. The van der Waals surface area contributed by atoms with Crippen molar-refractivity contribution in [1.29, 1.82) is 0 Å². The van der Waals surface area contributed by atoms with Crippen molar-refractivity contribution in [3.8, 4) is 0 Å². The molecule has 0 saturated carbocycles. The maximum atomic E-state index is 9.11. The molecule has 0 aromatic rings. The molecule has 0 aliphatic carbocycles. The average molecular weight is 167 g/mol. The first kappa shape index (κ1) is 17.5. The number of hydrogen-bond acceptors (Lipinski definition) is 1. The Morgan fingerprint density at radius 3 is 1.82 bits per heavy atom. The fourth-order valence-electron chi connectivity index (χ4n) is 0.427. The van der Waals surface area contributed by atoms with Gasteiger partial charge in [-0.15, -0.1) is 6.42 Å². The second kappa shape index (κ2) is 22.4.